The molecule has 94 valence electrons. The van der Waals surface area contributed by atoms with E-state index in [9.17, 15) is 10.1 Å². The number of hydrogen-bond acceptors (Lipinski definition) is 6. The predicted octanol–water partition coefficient (Wildman–Crippen LogP) is 2.81. The lowest BCUT2D eigenvalue weighted by Crippen LogP contribution is -1.95. The molecule has 0 saturated heterocycles. The molecule has 1 aromatic carbocycles. The van der Waals surface area contributed by atoms with E-state index in [0.717, 1.165) is 0 Å². The number of nitro groups is 1. The van der Waals surface area contributed by atoms with E-state index in [0.29, 0.717) is 4.47 Å². The van der Waals surface area contributed by atoms with Crippen LogP contribution in [0.1, 0.15) is 5.69 Å². The molecule has 0 aliphatic carbocycles. The second kappa shape index (κ2) is 5.41. The minimum Gasteiger partial charge on any atom is -0.430 e. The molecule has 19 heavy (non-hydrogen) atoms. The Labute approximate surface area is 115 Å². The number of hydrogen-bond donors (Lipinski definition) is 0. The van der Waals surface area contributed by atoms with Gasteiger partial charge in [0.25, 0.3) is 0 Å². The topological polar surface area (TPSA) is 102 Å². The van der Waals surface area contributed by atoms with E-state index in [1.807, 2.05) is 6.07 Å². The first-order chi connectivity index (χ1) is 9.10. The van der Waals surface area contributed by atoms with E-state index in [1.54, 1.807) is 6.07 Å². The van der Waals surface area contributed by atoms with Gasteiger partial charge in [-0.1, -0.05) is 15.9 Å². The molecule has 2 rings (SSSR count). The second-order valence-electron chi connectivity index (χ2n) is 3.32. The first kappa shape index (κ1) is 12.9. The van der Waals surface area contributed by atoms with Crippen LogP contribution in [0, 0.1) is 21.4 Å². The van der Waals surface area contributed by atoms with Crippen molar-refractivity contribution in [3.8, 4) is 17.7 Å². The van der Waals surface area contributed by atoms with Gasteiger partial charge in [-0.25, -0.2) is 9.97 Å². The summed E-state index contributed by atoms with van der Waals surface area (Å²) in [5.41, 5.74) is -0.0572. The van der Waals surface area contributed by atoms with E-state index in [2.05, 4.69) is 25.9 Å². The van der Waals surface area contributed by atoms with Crippen LogP contribution in [-0.2, 0) is 0 Å². The number of aromatic nitrogens is 2. The van der Waals surface area contributed by atoms with Crippen LogP contribution in [0.2, 0.25) is 0 Å². The van der Waals surface area contributed by atoms with Gasteiger partial charge in [0.15, 0.2) is 5.69 Å². The summed E-state index contributed by atoms with van der Waals surface area (Å²) in [5.74, 6) is 0.122. The number of rotatable bonds is 3. The van der Waals surface area contributed by atoms with Gasteiger partial charge in [-0.2, -0.15) is 5.26 Å². The van der Waals surface area contributed by atoms with Crippen LogP contribution in [0.5, 0.6) is 11.6 Å². The molecule has 1 heterocycles. The van der Waals surface area contributed by atoms with Crippen molar-refractivity contribution in [1.29, 1.82) is 5.26 Å². The molecular formula is C11H5BrN4O3. The summed E-state index contributed by atoms with van der Waals surface area (Å²) in [6.07, 6.45) is 2.45. The minimum absolute atomic E-state index is 0.0483. The minimum atomic E-state index is -0.558. The van der Waals surface area contributed by atoms with Crippen molar-refractivity contribution in [3.63, 3.8) is 0 Å². The first-order valence-corrected chi connectivity index (χ1v) is 5.73. The second-order valence-corrected chi connectivity index (χ2v) is 4.24. The molecule has 0 saturated carbocycles. The Kier molecular flexibility index (Phi) is 3.68. The molecule has 0 aliphatic rings. The van der Waals surface area contributed by atoms with Crippen LogP contribution in [0.3, 0.4) is 0 Å². The molecule has 0 aliphatic heterocycles. The van der Waals surface area contributed by atoms with Crippen LogP contribution in [-0.4, -0.2) is 14.9 Å². The zero-order chi connectivity index (χ0) is 13.8. The Hall–Kier alpha value is -2.53. The summed E-state index contributed by atoms with van der Waals surface area (Å²) in [5, 5.41) is 19.5. The molecule has 0 amide bonds. The lowest BCUT2D eigenvalue weighted by atomic mass is 10.3. The first-order valence-electron chi connectivity index (χ1n) is 4.94. The molecule has 7 nitrogen and oxygen atoms in total. The van der Waals surface area contributed by atoms with Gasteiger partial charge < -0.3 is 4.74 Å². The number of nitrogens with zero attached hydrogens (tertiary/aromatic N) is 4. The highest BCUT2D eigenvalue weighted by Gasteiger charge is 2.16. The van der Waals surface area contributed by atoms with Crippen molar-refractivity contribution in [1.82, 2.24) is 9.97 Å². The van der Waals surface area contributed by atoms with Gasteiger partial charge in [0.2, 0.25) is 11.6 Å². The maximum absolute atomic E-state index is 10.9. The lowest BCUT2D eigenvalue weighted by Gasteiger charge is -2.05. The van der Waals surface area contributed by atoms with E-state index in [1.165, 1.54) is 24.5 Å². The highest BCUT2D eigenvalue weighted by molar-refractivity contribution is 9.10. The molecule has 0 N–H and O–H groups in total. The number of nitro benzene ring substituents is 1. The zero-order valence-corrected chi connectivity index (χ0v) is 10.9. The average Bonchev–Trinajstić information content (AvgIpc) is 2.41. The quantitative estimate of drug-likeness (QED) is 0.636. The van der Waals surface area contributed by atoms with Crippen LogP contribution >= 0.6 is 15.9 Å². The Morgan fingerprint density at radius 2 is 2.16 bits per heavy atom. The van der Waals surface area contributed by atoms with Crippen LogP contribution in [0.15, 0.2) is 35.1 Å². The summed E-state index contributed by atoms with van der Waals surface area (Å²) < 4.78 is 5.85. The van der Waals surface area contributed by atoms with Crippen molar-refractivity contribution in [2.45, 2.75) is 0 Å². The third kappa shape index (κ3) is 3.02. The number of benzene rings is 1. The van der Waals surface area contributed by atoms with Gasteiger partial charge in [0, 0.05) is 10.5 Å². The molecule has 8 heteroatoms. The summed E-state index contributed by atoms with van der Waals surface area (Å²) in [6.45, 7) is 0. The van der Waals surface area contributed by atoms with E-state index >= 15 is 0 Å². The SMILES string of the molecule is N#Cc1cnc(Oc2ccc(Br)cc2[N+](=O)[O-])cn1. The van der Waals surface area contributed by atoms with Crippen molar-refractivity contribution in [2.75, 3.05) is 0 Å². The Bertz CT molecular complexity index is 667. The Balaban J connectivity index is 2.32. The predicted molar refractivity (Wildman–Crippen MR) is 67.6 cm³/mol. The van der Waals surface area contributed by atoms with E-state index in [-0.39, 0.29) is 23.0 Å². The number of nitriles is 1. The Morgan fingerprint density at radius 1 is 1.37 bits per heavy atom. The number of ether oxygens (including phenoxy) is 1. The van der Waals surface area contributed by atoms with Gasteiger partial charge in [0.05, 0.1) is 17.3 Å². The fraction of sp³-hybridized carbons (Fsp3) is 0. The van der Waals surface area contributed by atoms with Crippen LogP contribution < -0.4 is 4.74 Å². The third-order valence-electron chi connectivity index (χ3n) is 2.07. The fourth-order valence-electron chi connectivity index (χ4n) is 1.26. The number of halogens is 1. The lowest BCUT2D eigenvalue weighted by molar-refractivity contribution is -0.385. The van der Waals surface area contributed by atoms with Crippen molar-refractivity contribution < 1.29 is 9.66 Å². The molecule has 1 aromatic heterocycles. The molecule has 0 atom stereocenters. The molecule has 2 aromatic rings. The standard InChI is InChI=1S/C11H5BrN4O3/c12-7-1-2-10(9(3-7)16(17)18)19-11-6-14-8(4-13)5-15-11/h1-3,5-6H. The molecular weight excluding hydrogens is 316 g/mol. The van der Waals surface area contributed by atoms with Gasteiger partial charge in [-0.05, 0) is 12.1 Å². The summed E-state index contributed by atoms with van der Waals surface area (Å²) in [4.78, 5) is 17.9. The maximum Gasteiger partial charge on any atom is 0.312 e. The highest BCUT2D eigenvalue weighted by Crippen LogP contribution is 2.32. The zero-order valence-electron chi connectivity index (χ0n) is 9.28. The summed E-state index contributed by atoms with van der Waals surface area (Å²) >= 11 is 3.14. The average molecular weight is 321 g/mol. The monoisotopic (exact) mass is 320 g/mol. The normalized spacial score (nSPS) is 9.68. The van der Waals surface area contributed by atoms with Gasteiger partial charge in [-0.3, -0.25) is 10.1 Å². The van der Waals surface area contributed by atoms with E-state index in [4.69, 9.17) is 10.00 Å². The summed E-state index contributed by atoms with van der Waals surface area (Å²) in [7, 11) is 0. The Morgan fingerprint density at radius 3 is 2.74 bits per heavy atom. The summed E-state index contributed by atoms with van der Waals surface area (Å²) in [6, 6.07) is 6.19. The third-order valence-corrected chi connectivity index (χ3v) is 2.57. The molecule has 0 radical (unpaired) electrons. The van der Waals surface area contributed by atoms with Gasteiger partial charge in [0.1, 0.15) is 6.07 Å². The molecule has 0 spiro atoms. The molecule has 0 bridgehead atoms. The van der Waals surface area contributed by atoms with E-state index < -0.39 is 4.92 Å². The fourth-order valence-corrected chi connectivity index (χ4v) is 1.61. The highest BCUT2D eigenvalue weighted by atomic mass is 79.9. The maximum atomic E-state index is 10.9. The van der Waals surface area contributed by atoms with Gasteiger partial charge in [-0.15, -0.1) is 0 Å². The van der Waals surface area contributed by atoms with Crippen molar-refractivity contribution >= 4 is 21.6 Å². The van der Waals surface area contributed by atoms with Gasteiger partial charge >= 0.3 is 5.69 Å². The molecule has 0 fully saturated rings. The smallest absolute Gasteiger partial charge is 0.312 e. The van der Waals surface area contributed by atoms with Crippen molar-refractivity contribution in [2.24, 2.45) is 0 Å². The molecule has 0 unspecified atom stereocenters. The van der Waals surface area contributed by atoms with Crippen LogP contribution in [0.25, 0.3) is 0 Å². The largest absolute Gasteiger partial charge is 0.430 e. The van der Waals surface area contributed by atoms with Crippen molar-refractivity contribution in [3.05, 3.63) is 50.9 Å². The van der Waals surface area contributed by atoms with Crippen LogP contribution in [0.4, 0.5) is 5.69 Å².